The van der Waals surface area contributed by atoms with Crippen LogP contribution in [0.3, 0.4) is 0 Å². The molecule has 1 aliphatic rings. The second-order valence-corrected chi connectivity index (χ2v) is 5.67. The highest BCUT2D eigenvalue weighted by atomic mass is 35.5. The Bertz CT molecular complexity index is 402. The molecule has 0 saturated carbocycles. The second kappa shape index (κ2) is 8.28. The fourth-order valence-electron chi connectivity index (χ4n) is 2.65. The number of hydrogen-bond donors (Lipinski definition) is 2. The molecule has 20 heavy (non-hydrogen) atoms. The Balaban J connectivity index is 0.00000200. The fraction of sp³-hybridized carbons (Fsp3) is 0.562. The largest absolute Gasteiger partial charge is 0.349 e. The van der Waals surface area contributed by atoms with E-state index in [4.69, 9.17) is 0 Å². The highest BCUT2D eigenvalue weighted by Gasteiger charge is 2.25. The maximum atomic E-state index is 12.3. The molecule has 1 aromatic rings. The Morgan fingerprint density at radius 2 is 1.80 bits per heavy atom. The maximum Gasteiger partial charge on any atom is 0.223 e. The molecule has 1 aliphatic heterocycles. The van der Waals surface area contributed by atoms with Crippen molar-refractivity contribution in [1.29, 1.82) is 0 Å². The van der Waals surface area contributed by atoms with Crippen LogP contribution in [-0.2, 0) is 4.79 Å². The molecule has 2 N–H and O–H groups in total. The number of halogens is 1. The number of benzene rings is 1. The third kappa shape index (κ3) is 4.50. The van der Waals surface area contributed by atoms with E-state index in [9.17, 15) is 4.79 Å². The first kappa shape index (κ1) is 17.0. The molecule has 1 fully saturated rings. The minimum absolute atomic E-state index is 0. The molecule has 1 aromatic carbocycles. The summed E-state index contributed by atoms with van der Waals surface area (Å²) >= 11 is 0. The summed E-state index contributed by atoms with van der Waals surface area (Å²) in [4.78, 5) is 12.3. The zero-order valence-corrected chi connectivity index (χ0v) is 13.1. The smallest absolute Gasteiger partial charge is 0.223 e. The van der Waals surface area contributed by atoms with Crippen molar-refractivity contribution < 1.29 is 4.79 Å². The van der Waals surface area contributed by atoms with E-state index in [1.807, 2.05) is 18.2 Å². The van der Waals surface area contributed by atoms with Crippen LogP contribution in [0.4, 0.5) is 0 Å². The van der Waals surface area contributed by atoms with Gasteiger partial charge in [0.2, 0.25) is 5.91 Å². The summed E-state index contributed by atoms with van der Waals surface area (Å²) in [7, 11) is 0. The van der Waals surface area contributed by atoms with Gasteiger partial charge in [-0.05, 0) is 37.4 Å². The zero-order chi connectivity index (χ0) is 13.7. The molecular formula is C16H25ClN2O. The third-order valence-electron chi connectivity index (χ3n) is 3.83. The molecule has 1 amide bonds. The van der Waals surface area contributed by atoms with Gasteiger partial charge in [0.05, 0.1) is 6.04 Å². The summed E-state index contributed by atoms with van der Waals surface area (Å²) < 4.78 is 0. The van der Waals surface area contributed by atoms with Gasteiger partial charge in [0, 0.05) is 5.92 Å². The molecule has 112 valence electrons. The molecule has 3 nitrogen and oxygen atoms in total. The van der Waals surface area contributed by atoms with Crippen LogP contribution in [0.25, 0.3) is 0 Å². The minimum atomic E-state index is 0. The first-order chi connectivity index (χ1) is 9.18. The van der Waals surface area contributed by atoms with Crippen molar-refractivity contribution in [2.24, 2.45) is 11.8 Å². The van der Waals surface area contributed by atoms with Crippen molar-refractivity contribution in [3.8, 4) is 0 Å². The molecule has 1 heterocycles. The molecule has 0 spiro atoms. The van der Waals surface area contributed by atoms with Gasteiger partial charge in [0.15, 0.2) is 0 Å². The minimum Gasteiger partial charge on any atom is -0.349 e. The Morgan fingerprint density at radius 1 is 1.20 bits per heavy atom. The van der Waals surface area contributed by atoms with E-state index in [-0.39, 0.29) is 30.3 Å². The predicted molar refractivity (Wildman–Crippen MR) is 85.0 cm³/mol. The molecule has 1 saturated heterocycles. The van der Waals surface area contributed by atoms with Crippen LogP contribution in [0.15, 0.2) is 30.3 Å². The number of piperidine rings is 1. The van der Waals surface area contributed by atoms with Crippen LogP contribution in [0.5, 0.6) is 0 Å². The van der Waals surface area contributed by atoms with Gasteiger partial charge in [-0.1, -0.05) is 44.2 Å². The third-order valence-corrected chi connectivity index (χ3v) is 3.83. The molecule has 0 radical (unpaired) electrons. The zero-order valence-electron chi connectivity index (χ0n) is 12.3. The van der Waals surface area contributed by atoms with Crippen LogP contribution < -0.4 is 10.6 Å². The Hall–Kier alpha value is -1.06. The summed E-state index contributed by atoms with van der Waals surface area (Å²) in [6.07, 6.45) is 1.90. The van der Waals surface area contributed by atoms with Crippen molar-refractivity contribution >= 4 is 18.3 Å². The van der Waals surface area contributed by atoms with Gasteiger partial charge in [-0.15, -0.1) is 12.4 Å². The fourth-order valence-corrected chi connectivity index (χ4v) is 2.65. The van der Waals surface area contributed by atoms with Gasteiger partial charge in [-0.2, -0.15) is 0 Å². The molecular weight excluding hydrogens is 272 g/mol. The van der Waals surface area contributed by atoms with Crippen molar-refractivity contribution in [3.05, 3.63) is 35.9 Å². The molecule has 0 bridgehead atoms. The molecule has 1 unspecified atom stereocenters. The molecule has 0 aliphatic carbocycles. The average Bonchev–Trinajstić information content (AvgIpc) is 2.46. The normalized spacial score (nSPS) is 17.4. The Labute approximate surface area is 127 Å². The van der Waals surface area contributed by atoms with Crippen molar-refractivity contribution in [2.45, 2.75) is 32.7 Å². The monoisotopic (exact) mass is 296 g/mol. The second-order valence-electron chi connectivity index (χ2n) is 5.67. The van der Waals surface area contributed by atoms with E-state index in [2.05, 4.69) is 36.6 Å². The van der Waals surface area contributed by atoms with Crippen LogP contribution in [0, 0.1) is 11.8 Å². The van der Waals surface area contributed by atoms with E-state index in [0.29, 0.717) is 5.92 Å². The van der Waals surface area contributed by atoms with Crippen molar-refractivity contribution in [1.82, 2.24) is 10.6 Å². The van der Waals surface area contributed by atoms with E-state index in [1.54, 1.807) is 0 Å². The SMILES string of the molecule is CC(C)C(NC(=O)C1CCNCC1)c1ccccc1.Cl. The van der Waals surface area contributed by atoms with Gasteiger partial charge in [-0.25, -0.2) is 0 Å². The first-order valence-electron chi connectivity index (χ1n) is 7.24. The van der Waals surface area contributed by atoms with Gasteiger partial charge >= 0.3 is 0 Å². The first-order valence-corrected chi connectivity index (χ1v) is 7.24. The highest BCUT2D eigenvalue weighted by molar-refractivity contribution is 5.85. The lowest BCUT2D eigenvalue weighted by Gasteiger charge is -2.27. The number of nitrogens with one attached hydrogen (secondary N) is 2. The average molecular weight is 297 g/mol. The summed E-state index contributed by atoms with van der Waals surface area (Å²) in [5.74, 6) is 0.781. The van der Waals surface area contributed by atoms with Crippen LogP contribution in [-0.4, -0.2) is 19.0 Å². The van der Waals surface area contributed by atoms with Crippen LogP contribution in [0.1, 0.15) is 38.3 Å². The summed E-state index contributed by atoms with van der Waals surface area (Å²) in [5, 5.41) is 6.53. The maximum absolute atomic E-state index is 12.3. The Morgan fingerprint density at radius 3 is 2.35 bits per heavy atom. The number of carbonyl (C=O) groups excluding carboxylic acids is 1. The van der Waals surface area contributed by atoms with E-state index in [0.717, 1.165) is 25.9 Å². The van der Waals surface area contributed by atoms with Gasteiger partial charge < -0.3 is 10.6 Å². The van der Waals surface area contributed by atoms with E-state index in [1.165, 1.54) is 5.56 Å². The lowest BCUT2D eigenvalue weighted by Crippen LogP contribution is -2.40. The standard InChI is InChI=1S/C16H24N2O.ClH/c1-12(2)15(13-6-4-3-5-7-13)18-16(19)14-8-10-17-11-9-14;/h3-7,12,14-15,17H,8-11H2,1-2H3,(H,18,19);1H. The van der Waals surface area contributed by atoms with E-state index >= 15 is 0 Å². The summed E-state index contributed by atoms with van der Waals surface area (Å²) in [6.45, 7) is 6.21. The number of hydrogen-bond acceptors (Lipinski definition) is 2. The van der Waals surface area contributed by atoms with Crippen LogP contribution >= 0.6 is 12.4 Å². The lowest BCUT2D eigenvalue weighted by atomic mass is 9.93. The molecule has 1 atom stereocenters. The van der Waals surface area contributed by atoms with Gasteiger partial charge in [0.25, 0.3) is 0 Å². The van der Waals surface area contributed by atoms with Crippen molar-refractivity contribution in [2.75, 3.05) is 13.1 Å². The number of amides is 1. The summed E-state index contributed by atoms with van der Waals surface area (Å²) in [5.41, 5.74) is 1.19. The predicted octanol–water partition coefficient (Wildman–Crippen LogP) is 2.92. The number of carbonyl (C=O) groups is 1. The van der Waals surface area contributed by atoms with Crippen molar-refractivity contribution in [3.63, 3.8) is 0 Å². The lowest BCUT2D eigenvalue weighted by molar-refractivity contribution is -0.126. The molecule has 2 rings (SSSR count). The van der Waals surface area contributed by atoms with E-state index < -0.39 is 0 Å². The topological polar surface area (TPSA) is 41.1 Å². The quantitative estimate of drug-likeness (QED) is 0.897. The van der Waals surface area contributed by atoms with Crippen LogP contribution in [0.2, 0.25) is 0 Å². The highest BCUT2D eigenvalue weighted by Crippen LogP contribution is 2.23. The summed E-state index contributed by atoms with van der Waals surface area (Å²) in [6, 6.07) is 10.4. The van der Waals surface area contributed by atoms with Gasteiger partial charge in [0.1, 0.15) is 0 Å². The Kier molecular flexibility index (Phi) is 7.03. The number of rotatable bonds is 4. The molecule has 0 aromatic heterocycles. The van der Waals surface area contributed by atoms with Gasteiger partial charge in [-0.3, -0.25) is 4.79 Å². The molecule has 4 heteroatoms.